The molecule has 0 aromatic carbocycles. The third-order valence-corrected chi connectivity index (χ3v) is 4.01. The summed E-state index contributed by atoms with van der Waals surface area (Å²) in [6.45, 7) is 7.53. The fourth-order valence-electron chi connectivity index (χ4n) is 1.72. The van der Waals surface area contributed by atoms with Crippen LogP contribution >= 0.6 is 11.3 Å². The van der Waals surface area contributed by atoms with Crippen molar-refractivity contribution in [2.24, 2.45) is 0 Å². The number of rotatable bonds is 9. The second-order valence-corrected chi connectivity index (χ2v) is 6.15. The van der Waals surface area contributed by atoms with Crippen LogP contribution in [0.15, 0.2) is 12.1 Å². The molecule has 0 fully saturated rings. The lowest BCUT2D eigenvalue weighted by Crippen LogP contribution is -2.33. The van der Waals surface area contributed by atoms with Gasteiger partial charge in [-0.3, -0.25) is 0 Å². The molecule has 0 aliphatic heterocycles. The van der Waals surface area contributed by atoms with E-state index < -0.39 is 6.10 Å². The summed E-state index contributed by atoms with van der Waals surface area (Å²) >= 11 is 1.78. The first-order chi connectivity index (χ1) is 9.02. The number of aliphatic hydroxyl groups excluding tert-OH is 1. The molecule has 0 spiro atoms. The molecule has 0 amide bonds. The van der Waals surface area contributed by atoms with Crippen molar-refractivity contribution >= 4 is 11.3 Å². The van der Waals surface area contributed by atoms with Gasteiger partial charge in [-0.25, -0.2) is 0 Å². The zero-order valence-corrected chi connectivity index (χ0v) is 13.0. The van der Waals surface area contributed by atoms with Crippen LogP contribution in [0.4, 0.5) is 0 Å². The van der Waals surface area contributed by atoms with E-state index in [0.717, 1.165) is 0 Å². The van der Waals surface area contributed by atoms with Gasteiger partial charge in [0.25, 0.3) is 0 Å². The summed E-state index contributed by atoms with van der Waals surface area (Å²) in [6, 6.07) is 4.50. The molecule has 0 radical (unpaired) electrons. The molecule has 0 aliphatic rings. The molecule has 1 heterocycles. The van der Waals surface area contributed by atoms with E-state index in [1.807, 2.05) is 6.92 Å². The first kappa shape index (κ1) is 16.6. The van der Waals surface area contributed by atoms with Gasteiger partial charge in [-0.2, -0.15) is 0 Å². The number of thiophene rings is 1. The van der Waals surface area contributed by atoms with E-state index in [2.05, 4.69) is 31.3 Å². The highest BCUT2D eigenvalue weighted by Crippen LogP contribution is 2.22. The molecule has 3 unspecified atom stereocenters. The van der Waals surface area contributed by atoms with E-state index in [-0.39, 0.29) is 12.1 Å². The molecule has 2 N–H and O–H groups in total. The zero-order valence-electron chi connectivity index (χ0n) is 12.2. The van der Waals surface area contributed by atoms with Gasteiger partial charge in [0, 0.05) is 29.5 Å². The molecule has 1 aromatic heterocycles. The van der Waals surface area contributed by atoms with Crippen LogP contribution in [0, 0.1) is 6.92 Å². The minimum Gasteiger partial charge on any atom is -0.389 e. The Hall–Kier alpha value is -0.460. The maximum atomic E-state index is 9.84. The standard InChI is InChI=1S/C14H25NO3S/c1-10(8-17-4)18-9-13(16)7-15-12(3)14-6-5-11(2)19-14/h5-6,10,12-13,15-16H,7-9H2,1-4H3. The Morgan fingerprint density at radius 1 is 1.32 bits per heavy atom. The van der Waals surface area contributed by atoms with Crippen molar-refractivity contribution in [1.82, 2.24) is 5.32 Å². The third-order valence-electron chi connectivity index (χ3n) is 2.82. The van der Waals surface area contributed by atoms with Gasteiger partial charge in [0.1, 0.15) is 0 Å². The Bertz CT molecular complexity index is 356. The molecule has 110 valence electrons. The lowest BCUT2D eigenvalue weighted by Gasteiger charge is -2.18. The predicted octanol–water partition coefficient (Wildman–Crippen LogP) is 2.12. The van der Waals surface area contributed by atoms with E-state index in [0.29, 0.717) is 19.8 Å². The Kier molecular flexibility index (Phi) is 7.56. The van der Waals surface area contributed by atoms with Gasteiger partial charge in [0.15, 0.2) is 0 Å². The Morgan fingerprint density at radius 3 is 2.63 bits per heavy atom. The van der Waals surface area contributed by atoms with Crippen molar-refractivity contribution in [3.8, 4) is 0 Å². The van der Waals surface area contributed by atoms with E-state index >= 15 is 0 Å². The van der Waals surface area contributed by atoms with Gasteiger partial charge in [-0.15, -0.1) is 11.3 Å². The highest BCUT2D eigenvalue weighted by molar-refractivity contribution is 7.12. The molecule has 1 rings (SSSR count). The summed E-state index contributed by atoms with van der Waals surface area (Å²) in [5.41, 5.74) is 0. The molecule has 0 saturated heterocycles. The van der Waals surface area contributed by atoms with Crippen LogP contribution in [0.1, 0.15) is 29.6 Å². The van der Waals surface area contributed by atoms with E-state index in [1.54, 1.807) is 18.4 Å². The maximum absolute atomic E-state index is 9.84. The van der Waals surface area contributed by atoms with E-state index in [4.69, 9.17) is 9.47 Å². The van der Waals surface area contributed by atoms with Crippen LogP contribution in [0.2, 0.25) is 0 Å². The number of methoxy groups -OCH3 is 1. The Balaban J connectivity index is 2.20. The van der Waals surface area contributed by atoms with E-state index in [9.17, 15) is 5.11 Å². The predicted molar refractivity (Wildman–Crippen MR) is 78.8 cm³/mol. The molecule has 0 bridgehead atoms. The Labute approximate surface area is 119 Å². The van der Waals surface area contributed by atoms with Crippen molar-refractivity contribution < 1.29 is 14.6 Å². The average Bonchev–Trinajstić information content (AvgIpc) is 2.80. The second-order valence-electron chi connectivity index (χ2n) is 4.83. The number of hydrogen-bond acceptors (Lipinski definition) is 5. The van der Waals surface area contributed by atoms with Gasteiger partial charge in [0.05, 0.1) is 25.4 Å². The second kappa shape index (κ2) is 8.66. The minimum absolute atomic E-state index is 0.0111. The van der Waals surface area contributed by atoms with Crippen LogP contribution in [-0.4, -0.2) is 44.2 Å². The van der Waals surface area contributed by atoms with Crippen LogP contribution in [0.3, 0.4) is 0 Å². The number of aryl methyl sites for hydroxylation is 1. The summed E-state index contributed by atoms with van der Waals surface area (Å²) in [6.07, 6.45) is -0.486. The monoisotopic (exact) mass is 287 g/mol. The quantitative estimate of drug-likeness (QED) is 0.730. The first-order valence-electron chi connectivity index (χ1n) is 6.61. The fraction of sp³-hybridized carbons (Fsp3) is 0.714. The molecule has 5 heteroatoms. The van der Waals surface area contributed by atoms with Gasteiger partial charge < -0.3 is 19.9 Å². The van der Waals surface area contributed by atoms with Crippen molar-refractivity contribution in [2.75, 3.05) is 26.9 Å². The zero-order chi connectivity index (χ0) is 14.3. The molecular formula is C14H25NO3S. The van der Waals surface area contributed by atoms with Gasteiger partial charge in [0.2, 0.25) is 0 Å². The molecular weight excluding hydrogens is 262 g/mol. The summed E-state index contributed by atoms with van der Waals surface area (Å²) in [4.78, 5) is 2.60. The van der Waals surface area contributed by atoms with Crippen LogP contribution < -0.4 is 5.32 Å². The number of ether oxygens (including phenoxy) is 2. The number of hydrogen-bond donors (Lipinski definition) is 2. The summed E-state index contributed by atoms with van der Waals surface area (Å²) in [7, 11) is 1.64. The lowest BCUT2D eigenvalue weighted by atomic mass is 10.2. The fourth-order valence-corrected chi connectivity index (χ4v) is 2.62. The molecule has 3 atom stereocenters. The van der Waals surface area contributed by atoms with Crippen LogP contribution in [-0.2, 0) is 9.47 Å². The topological polar surface area (TPSA) is 50.7 Å². The van der Waals surface area contributed by atoms with Gasteiger partial charge in [-0.05, 0) is 32.9 Å². The summed E-state index contributed by atoms with van der Waals surface area (Å²) < 4.78 is 10.4. The average molecular weight is 287 g/mol. The van der Waals surface area contributed by atoms with Crippen LogP contribution in [0.5, 0.6) is 0 Å². The lowest BCUT2D eigenvalue weighted by molar-refractivity contribution is -0.0315. The van der Waals surface area contributed by atoms with Crippen LogP contribution in [0.25, 0.3) is 0 Å². The Morgan fingerprint density at radius 2 is 2.05 bits per heavy atom. The van der Waals surface area contributed by atoms with Crippen molar-refractivity contribution in [3.05, 3.63) is 21.9 Å². The van der Waals surface area contributed by atoms with E-state index in [1.165, 1.54) is 9.75 Å². The smallest absolute Gasteiger partial charge is 0.0898 e. The normalized spacial score (nSPS) is 16.3. The van der Waals surface area contributed by atoms with Crippen molar-refractivity contribution in [2.45, 2.75) is 39.0 Å². The summed E-state index contributed by atoms with van der Waals surface area (Å²) in [5.74, 6) is 0. The summed E-state index contributed by atoms with van der Waals surface area (Å²) in [5, 5.41) is 13.2. The first-order valence-corrected chi connectivity index (χ1v) is 7.43. The SMILES string of the molecule is COCC(C)OCC(O)CNC(C)c1ccc(C)s1. The third kappa shape index (κ3) is 6.49. The van der Waals surface area contributed by atoms with Gasteiger partial charge in [-0.1, -0.05) is 0 Å². The van der Waals surface area contributed by atoms with Gasteiger partial charge >= 0.3 is 0 Å². The van der Waals surface area contributed by atoms with Crippen molar-refractivity contribution in [3.63, 3.8) is 0 Å². The maximum Gasteiger partial charge on any atom is 0.0898 e. The molecule has 4 nitrogen and oxygen atoms in total. The largest absolute Gasteiger partial charge is 0.389 e. The molecule has 19 heavy (non-hydrogen) atoms. The molecule has 0 saturated carbocycles. The number of nitrogens with one attached hydrogen (secondary N) is 1. The molecule has 0 aliphatic carbocycles. The number of aliphatic hydroxyl groups is 1. The minimum atomic E-state index is -0.497. The highest BCUT2D eigenvalue weighted by Gasteiger charge is 2.11. The van der Waals surface area contributed by atoms with Crippen molar-refractivity contribution in [1.29, 1.82) is 0 Å². The molecule has 1 aromatic rings. The highest BCUT2D eigenvalue weighted by atomic mass is 32.1.